The molecule has 4 nitrogen and oxygen atoms in total. The van der Waals surface area contributed by atoms with Crippen LogP contribution in [0.25, 0.3) is 11.0 Å². The molecule has 0 atom stereocenters. The smallest absolute Gasteiger partial charge is 0.272 e. The number of nitrogens with one attached hydrogen (secondary N) is 1. The summed E-state index contributed by atoms with van der Waals surface area (Å²) in [5.74, 6) is 0. The van der Waals surface area contributed by atoms with Crippen LogP contribution in [0.4, 0.5) is 5.69 Å². The summed E-state index contributed by atoms with van der Waals surface area (Å²) in [6.45, 7) is 0. The van der Waals surface area contributed by atoms with E-state index in [9.17, 15) is 4.79 Å². The highest BCUT2D eigenvalue weighted by atomic mass is 16.1. The fourth-order valence-electron chi connectivity index (χ4n) is 1.05. The minimum atomic E-state index is -0.291. The zero-order chi connectivity index (χ0) is 8.55. The number of anilines is 1. The molecule has 0 aliphatic carbocycles. The molecule has 60 valence electrons. The minimum absolute atomic E-state index is 0.218. The molecule has 2 rings (SSSR count). The van der Waals surface area contributed by atoms with Gasteiger partial charge in [-0.1, -0.05) is 0 Å². The second-order valence-corrected chi connectivity index (χ2v) is 2.50. The first-order valence-electron chi connectivity index (χ1n) is 3.51. The molecule has 2 aromatic heterocycles. The highest BCUT2D eigenvalue weighted by Gasteiger charge is 1.97. The third-order valence-corrected chi connectivity index (χ3v) is 1.64. The van der Waals surface area contributed by atoms with Gasteiger partial charge in [0.2, 0.25) is 0 Å². The number of aromatic nitrogens is 2. The maximum atomic E-state index is 11.0. The molecule has 0 fully saturated rings. The zero-order valence-corrected chi connectivity index (χ0v) is 6.24. The molecule has 2 heterocycles. The summed E-state index contributed by atoms with van der Waals surface area (Å²) in [5.41, 5.74) is 5.91. The number of hydrogen-bond acceptors (Lipinski definition) is 3. The van der Waals surface area contributed by atoms with Crippen LogP contribution in [-0.2, 0) is 0 Å². The van der Waals surface area contributed by atoms with Gasteiger partial charge in [0.25, 0.3) is 5.56 Å². The highest BCUT2D eigenvalue weighted by molar-refractivity contribution is 5.77. The SMILES string of the molecule is Nc1cc2cccnc2[nH]c1=O. The molecule has 0 amide bonds. The lowest BCUT2D eigenvalue weighted by Gasteiger charge is -1.96. The Morgan fingerprint density at radius 2 is 2.33 bits per heavy atom. The van der Waals surface area contributed by atoms with Gasteiger partial charge in [-0.25, -0.2) is 4.98 Å². The monoisotopic (exact) mass is 161 g/mol. The average Bonchev–Trinajstić information content (AvgIpc) is 2.07. The van der Waals surface area contributed by atoms with Crippen molar-refractivity contribution in [2.24, 2.45) is 0 Å². The largest absolute Gasteiger partial charge is 0.394 e. The Bertz CT molecular complexity index is 475. The van der Waals surface area contributed by atoms with Crippen molar-refractivity contribution in [1.29, 1.82) is 0 Å². The predicted molar refractivity (Wildman–Crippen MR) is 46.8 cm³/mol. The van der Waals surface area contributed by atoms with Crippen molar-refractivity contribution in [2.75, 3.05) is 5.73 Å². The molecule has 2 aromatic rings. The van der Waals surface area contributed by atoms with Gasteiger partial charge in [0.15, 0.2) is 0 Å². The van der Waals surface area contributed by atoms with Crippen LogP contribution in [0.15, 0.2) is 29.2 Å². The van der Waals surface area contributed by atoms with E-state index in [2.05, 4.69) is 9.97 Å². The molecule has 4 heteroatoms. The summed E-state index contributed by atoms with van der Waals surface area (Å²) in [6.07, 6.45) is 1.62. The molecule has 0 aliphatic heterocycles. The summed E-state index contributed by atoms with van der Waals surface area (Å²) >= 11 is 0. The number of H-pyrrole nitrogens is 1. The van der Waals surface area contributed by atoms with Crippen LogP contribution in [0.5, 0.6) is 0 Å². The molecule has 0 aliphatic rings. The van der Waals surface area contributed by atoms with Crippen LogP contribution >= 0.6 is 0 Å². The molecular formula is C8H7N3O. The first-order valence-corrected chi connectivity index (χ1v) is 3.51. The first kappa shape index (κ1) is 6.84. The standard InChI is InChI=1S/C8H7N3O/c9-6-4-5-2-1-3-10-7(5)11-8(6)12/h1-4H,9H2,(H,10,11,12). The van der Waals surface area contributed by atoms with E-state index in [0.717, 1.165) is 5.39 Å². The van der Waals surface area contributed by atoms with Crippen LogP contribution in [-0.4, -0.2) is 9.97 Å². The molecule has 0 radical (unpaired) electrons. The Hall–Kier alpha value is -1.84. The Morgan fingerprint density at radius 1 is 1.50 bits per heavy atom. The van der Waals surface area contributed by atoms with E-state index in [4.69, 9.17) is 5.73 Å². The Kier molecular flexibility index (Phi) is 1.33. The molecule has 0 bridgehead atoms. The van der Waals surface area contributed by atoms with E-state index in [-0.39, 0.29) is 11.2 Å². The van der Waals surface area contributed by atoms with Gasteiger partial charge in [0.05, 0.1) is 5.69 Å². The van der Waals surface area contributed by atoms with Crippen molar-refractivity contribution in [2.45, 2.75) is 0 Å². The van der Waals surface area contributed by atoms with Crippen molar-refractivity contribution < 1.29 is 0 Å². The van der Waals surface area contributed by atoms with E-state index in [1.165, 1.54) is 0 Å². The molecule has 0 aromatic carbocycles. The highest BCUT2D eigenvalue weighted by Crippen LogP contribution is 2.07. The lowest BCUT2D eigenvalue weighted by Crippen LogP contribution is -2.11. The maximum absolute atomic E-state index is 11.0. The number of rotatable bonds is 0. The minimum Gasteiger partial charge on any atom is -0.394 e. The summed E-state index contributed by atoms with van der Waals surface area (Å²) in [6, 6.07) is 5.25. The first-order chi connectivity index (χ1) is 5.77. The van der Waals surface area contributed by atoms with E-state index < -0.39 is 0 Å². The van der Waals surface area contributed by atoms with E-state index in [1.807, 2.05) is 6.07 Å². The lowest BCUT2D eigenvalue weighted by atomic mass is 10.3. The number of pyridine rings is 2. The van der Waals surface area contributed by atoms with Crippen molar-refractivity contribution in [3.63, 3.8) is 0 Å². The van der Waals surface area contributed by atoms with Crippen molar-refractivity contribution >= 4 is 16.7 Å². The average molecular weight is 161 g/mol. The molecular weight excluding hydrogens is 154 g/mol. The normalized spacial score (nSPS) is 10.3. The number of nitrogen functional groups attached to an aromatic ring is 1. The van der Waals surface area contributed by atoms with Gasteiger partial charge in [-0.15, -0.1) is 0 Å². The number of nitrogens with two attached hydrogens (primary N) is 1. The second-order valence-electron chi connectivity index (χ2n) is 2.50. The Labute approximate surface area is 68.1 Å². The molecule has 3 N–H and O–H groups in total. The van der Waals surface area contributed by atoms with Crippen LogP contribution in [0, 0.1) is 0 Å². The van der Waals surface area contributed by atoms with E-state index in [0.29, 0.717) is 5.65 Å². The molecule has 12 heavy (non-hydrogen) atoms. The summed E-state index contributed by atoms with van der Waals surface area (Å²) in [7, 11) is 0. The van der Waals surface area contributed by atoms with Gasteiger partial charge in [-0.2, -0.15) is 0 Å². The lowest BCUT2D eigenvalue weighted by molar-refractivity contribution is 1.24. The molecule has 0 saturated heterocycles. The fourth-order valence-corrected chi connectivity index (χ4v) is 1.05. The van der Waals surface area contributed by atoms with Gasteiger partial charge in [-0.05, 0) is 18.2 Å². The number of fused-ring (bicyclic) bond motifs is 1. The molecule has 0 spiro atoms. The topological polar surface area (TPSA) is 71.8 Å². The fraction of sp³-hybridized carbons (Fsp3) is 0. The Morgan fingerprint density at radius 3 is 3.17 bits per heavy atom. The number of aromatic amines is 1. The van der Waals surface area contributed by atoms with Gasteiger partial charge >= 0.3 is 0 Å². The van der Waals surface area contributed by atoms with Crippen LogP contribution < -0.4 is 11.3 Å². The molecule has 0 saturated carbocycles. The van der Waals surface area contributed by atoms with Gasteiger partial charge in [0, 0.05) is 11.6 Å². The van der Waals surface area contributed by atoms with Crippen LogP contribution in [0.2, 0.25) is 0 Å². The number of hydrogen-bond donors (Lipinski definition) is 2. The van der Waals surface area contributed by atoms with E-state index in [1.54, 1.807) is 18.3 Å². The predicted octanol–water partition coefficient (Wildman–Crippen LogP) is 0.505. The Balaban J connectivity index is 2.93. The van der Waals surface area contributed by atoms with Crippen LogP contribution in [0.3, 0.4) is 0 Å². The third kappa shape index (κ3) is 0.934. The third-order valence-electron chi connectivity index (χ3n) is 1.64. The van der Waals surface area contributed by atoms with Crippen molar-refractivity contribution in [3.8, 4) is 0 Å². The quantitative estimate of drug-likeness (QED) is 0.591. The van der Waals surface area contributed by atoms with E-state index >= 15 is 0 Å². The van der Waals surface area contributed by atoms with Crippen molar-refractivity contribution in [1.82, 2.24) is 9.97 Å². The van der Waals surface area contributed by atoms with Crippen LogP contribution in [0.1, 0.15) is 0 Å². The number of nitrogens with zero attached hydrogens (tertiary/aromatic N) is 1. The second kappa shape index (κ2) is 2.34. The van der Waals surface area contributed by atoms with Crippen molar-refractivity contribution in [3.05, 3.63) is 34.7 Å². The molecule has 0 unspecified atom stereocenters. The zero-order valence-electron chi connectivity index (χ0n) is 6.24. The summed E-state index contributed by atoms with van der Waals surface area (Å²) in [4.78, 5) is 17.6. The van der Waals surface area contributed by atoms with Gasteiger partial charge < -0.3 is 10.7 Å². The summed E-state index contributed by atoms with van der Waals surface area (Å²) in [5, 5.41) is 0.842. The van der Waals surface area contributed by atoms with Gasteiger partial charge in [0.1, 0.15) is 5.65 Å². The summed E-state index contributed by atoms with van der Waals surface area (Å²) < 4.78 is 0. The van der Waals surface area contributed by atoms with Gasteiger partial charge in [-0.3, -0.25) is 4.79 Å². The maximum Gasteiger partial charge on any atom is 0.272 e.